The lowest BCUT2D eigenvalue weighted by molar-refractivity contribution is -0.139. The Labute approximate surface area is 145 Å². The lowest BCUT2D eigenvalue weighted by atomic mass is 9.98. The molecule has 0 aliphatic heterocycles. The summed E-state index contributed by atoms with van der Waals surface area (Å²) in [5.74, 6) is 0.786. The number of nitriles is 1. The molecule has 0 saturated carbocycles. The van der Waals surface area contributed by atoms with Gasteiger partial charge in [0.1, 0.15) is 17.4 Å². The summed E-state index contributed by atoms with van der Waals surface area (Å²) >= 11 is 0. The molecule has 132 valence electrons. The number of nitrogens with one attached hydrogen (secondary N) is 1. The van der Waals surface area contributed by atoms with Gasteiger partial charge in [-0.3, -0.25) is 4.79 Å². The minimum Gasteiger partial charge on any atom is -0.493 e. The Hall–Kier alpha value is -2.06. The van der Waals surface area contributed by atoms with E-state index >= 15 is 0 Å². The largest absolute Gasteiger partial charge is 0.493 e. The molecule has 5 nitrogen and oxygen atoms in total. The van der Waals surface area contributed by atoms with Crippen LogP contribution in [0.4, 0.5) is 5.69 Å². The van der Waals surface area contributed by atoms with Gasteiger partial charge in [-0.2, -0.15) is 5.26 Å². The molecule has 0 radical (unpaired) electrons. The molecule has 0 spiro atoms. The highest BCUT2D eigenvalue weighted by molar-refractivity contribution is 5.98. The van der Waals surface area contributed by atoms with E-state index in [4.69, 9.17) is 9.47 Å². The van der Waals surface area contributed by atoms with Crippen molar-refractivity contribution < 1.29 is 14.3 Å². The summed E-state index contributed by atoms with van der Waals surface area (Å²) in [4.78, 5) is 12.6. The number of ether oxygens (including phenoxy) is 2. The zero-order valence-electron chi connectivity index (χ0n) is 15.3. The minimum absolute atomic E-state index is 0.237. The number of carbonyl (C=O) groups excluding carboxylic acids is 1. The van der Waals surface area contributed by atoms with Crippen molar-refractivity contribution >= 4 is 11.6 Å². The van der Waals surface area contributed by atoms with Gasteiger partial charge in [0.15, 0.2) is 0 Å². The topological polar surface area (TPSA) is 71.3 Å². The number of amides is 1. The van der Waals surface area contributed by atoms with Crippen molar-refractivity contribution in [3.63, 3.8) is 0 Å². The van der Waals surface area contributed by atoms with E-state index in [1.165, 1.54) is 0 Å². The molecule has 1 rings (SSSR count). The van der Waals surface area contributed by atoms with Crippen LogP contribution in [-0.2, 0) is 9.53 Å². The van der Waals surface area contributed by atoms with Gasteiger partial charge in [-0.05, 0) is 44.4 Å². The number of rotatable bonds is 9. The van der Waals surface area contributed by atoms with E-state index in [0.29, 0.717) is 42.6 Å². The standard InChI is InChI=1S/C19H28N2O3/c1-6-10-19(5,24-7-2)18(22)21-17-9-8-16(11-15(17)12-20)23-13-14(3)4/h8-9,11,14H,6-7,10,13H2,1-5H3,(H,21,22)/t19-/m1/s1. The average molecular weight is 332 g/mol. The summed E-state index contributed by atoms with van der Waals surface area (Å²) in [6.07, 6.45) is 1.45. The first kappa shape index (κ1) is 20.0. The predicted octanol–water partition coefficient (Wildman–Crippen LogP) is 4.13. The first-order chi connectivity index (χ1) is 11.4. The molecule has 5 heteroatoms. The van der Waals surface area contributed by atoms with E-state index in [0.717, 1.165) is 6.42 Å². The van der Waals surface area contributed by atoms with E-state index in [-0.39, 0.29) is 5.91 Å². The van der Waals surface area contributed by atoms with Crippen molar-refractivity contribution in [1.82, 2.24) is 0 Å². The number of hydrogen-bond acceptors (Lipinski definition) is 4. The quantitative estimate of drug-likeness (QED) is 0.738. The van der Waals surface area contributed by atoms with Crippen molar-refractivity contribution in [1.29, 1.82) is 5.26 Å². The Morgan fingerprint density at radius 1 is 1.38 bits per heavy atom. The second kappa shape index (κ2) is 9.29. The molecule has 0 unspecified atom stereocenters. The SMILES string of the molecule is CCC[C@@](C)(OCC)C(=O)Nc1ccc(OCC(C)C)cc1C#N. The number of carbonyl (C=O) groups is 1. The van der Waals surface area contributed by atoms with Crippen LogP contribution in [-0.4, -0.2) is 24.7 Å². The summed E-state index contributed by atoms with van der Waals surface area (Å²) in [5.41, 5.74) is -0.0513. The molecule has 24 heavy (non-hydrogen) atoms. The lowest BCUT2D eigenvalue weighted by Gasteiger charge is -2.28. The Kier molecular flexibility index (Phi) is 7.73. The summed E-state index contributed by atoms with van der Waals surface area (Å²) in [6.45, 7) is 10.8. The Bertz CT molecular complexity index is 585. The smallest absolute Gasteiger partial charge is 0.256 e. The van der Waals surface area contributed by atoms with Gasteiger partial charge in [0, 0.05) is 6.61 Å². The molecule has 0 aromatic heterocycles. The molecule has 1 aromatic rings. The third-order valence-corrected chi connectivity index (χ3v) is 3.61. The molecule has 1 amide bonds. The van der Waals surface area contributed by atoms with Gasteiger partial charge in [0.25, 0.3) is 5.91 Å². The van der Waals surface area contributed by atoms with Gasteiger partial charge in [0.2, 0.25) is 0 Å². The van der Waals surface area contributed by atoms with Gasteiger partial charge in [-0.25, -0.2) is 0 Å². The van der Waals surface area contributed by atoms with Gasteiger partial charge >= 0.3 is 0 Å². The Morgan fingerprint density at radius 3 is 2.62 bits per heavy atom. The van der Waals surface area contributed by atoms with E-state index in [9.17, 15) is 10.1 Å². The highest BCUT2D eigenvalue weighted by atomic mass is 16.5. The molecule has 0 bridgehead atoms. The number of hydrogen-bond donors (Lipinski definition) is 1. The zero-order chi connectivity index (χ0) is 18.2. The van der Waals surface area contributed by atoms with Crippen molar-refractivity contribution in [2.24, 2.45) is 5.92 Å². The number of anilines is 1. The van der Waals surface area contributed by atoms with Crippen LogP contribution in [0.25, 0.3) is 0 Å². The molecule has 0 heterocycles. The molecule has 0 aliphatic carbocycles. The van der Waals surface area contributed by atoms with Crippen LogP contribution < -0.4 is 10.1 Å². The highest BCUT2D eigenvalue weighted by Crippen LogP contribution is 2.25. The highest BCUT2D eigenvalue weighted by Gasteiger charge is 2.33. The molecular weight excluding hydrogens is 304 g/mol. The lowest BCUT2D eigenvalue weighted by Crippen LogP contribution is -2.42. The van der Waals surface area contributed by atoms with E-state index in [2.05, 4.69) is 25.2 Å². The van der Waals surface area contributed by atoms with Crippen molar-refractivity contribution in [3.05, 3.63) is 23.8 Å². The zero-order valence-corrected chi connectivity index (χ0v) is 15.3. The molecular formula is C19H28N2O3. The fourth-order valence-corrected chi connectivity index (χ4v) is 2.38. The van der Waals surface area contributed by atoms with E-state index in [1.54, 1.807) is 25.1 Å². The molecule has 0 fully saturated rings. The molecule has 1 atom stereocenters. The molecule has 1 N–H and O–H groups in total. The maximum absolute atomic E-state index is 12.6. The normalized spacial score (nSPS) is 13.2. The number of benzene rings is 1. The van der Waals surface area contributed by atoms with E-state index in [1.807, 2.05) is 13.8 Å². The van der Waals surface area contributed by atoms with Crippen LogP contribution >= 0.6 is 0 Å². The fraction of sp³-hybridized carbons (Fsp3) is 0.579. The third kappa shape index (κ3) is 5.54. The monoisotopic (exact) mass is 332 g/mol. The van der Waals surface area contributed by atoms with Gasteiger partial charge in [-0.15, -0.1) is 0 Å². The molecule has 0 saturated heterocycles. The number of nitrogens with zero attached hydrogens (tertiary/aromatic N) is 1. The summed E-state index contributed by atoms with van der Waals surface area (Å²) in [5, 5.41) is 12.2. The first-order valence-electron chi connectivity index (χ1n) is 8.48. The minimum atomic E-state index is -0.900. The van der Waals surface area contributed by atoms with Gasteiger partial charge < -0.3 is 14.8 Å². The maximum atomic E-state index is 12.6. The maximum Gasteiger partial charge on any atom is 0.256 e. The average Bonchev–Trinajstić information content (AvgIpc) is 2.54. The second-order valence-electron chi connectivity index (χ2n) is 6.39. The van der Waals surface area contributed by atoms with Gasteiger partial charge in [-0.1, -0.05) is 27.2 Å². The van der Waals surface area contributed by atoms with Crippen LogP contribution in [0.3, 0.4) is 0 Å². The van der Waals surface area contributed by atoms with Crippen LogP contribution in [0, 0.1) is 17.2 Å². The molecule has 0 aliphatic rings. The first-order valence-corrected chi connectivity index (χ1v) is 8.48. The second-order valence-corrected chi connectivity index (χ2v) is 6.39. The van der Waals surface area contributed by atoms with E-state index < -0.39 is 5.60 Å². The fourth-order valence-electron chi connectivity index (χ4n) is 2.38. The van der Waals surface area contributed by atoms with Crippen LogP contribution in [0.15, 0.2) is 18.2 Å². The van der Waals surface area contributed by atoms with Crippen molar-refractivity contribution in [3.8, 4) is 11.8 Å². The predicted molar refractivity (Wildman–Crippen MR) is 95.1 cm³/mol. The molecule has 1 aromatic carbocycles. The summed E-state index contributed by atoms with van der Waals surface area (Å²) in [7, 11) is 0. The Balaban J connectivity index is 2.93. The van der Waals surface area contributed by atoms with Crippen LogP contribution in [0.1, 0.15) is 53.0 Å². The third-order valence-electron chi connectivity index (χ3n) is 3.61. The summed E-state index contributed by atoms with van der Waals surface area (Å²) < 4.78 is 11.3. The summed E-state index contributed by atoms with van der Waals surface area (Å²) in [6, 6.07) is 7.22. The van der Waals surface area contributed by atoms with Crippen LogP contribution in [0.2, 0.25) is 0 Å². The Morgan fingerprint density at radius 2 is 2.08 bits per heavy atom. The van der Waals surface area contributed by atoms with Crippen LogP contribution in [0.5, 0.6) is 5.75 Å². The van der Waals surface area contributed by atoms with Crippen molar-refractivity contribution in [2.75, 3.05) is 18.5 Å². The van der Waals surface area contributed by atoms with Crippen molar-refractivity contribution in [2.45, 2.75) is 53.1 Å². The van der Waals surface area contributed by atoms with Gasteiger partial charge in [0.05, 0.1) is 17.9 Å².